The molecule has 0 aliphatic carbocycles. The number of benzene rings is 2. The highest BCUT2D eigenvalue weighted by Gasteiger charge is 2.14. The summed E-state index contributed by atoms with van der Waals surface area (Å²) in [6.07, 6.45) is 0. The van der Waals surface area contributed by atoms with Crippen LogP contribution in [-0.4, -0.2) is 29.4 Å². The van der Waals surface area contributed by atoms with E-state index in [1.807, 2.05) is 6.07 Å². The number of nitriles is 1. The first-order valence-corrected chi connectivity index (χ1v) is 8.61. The molecular formula is C20H15ClN4O3. The molecule has 1 heterocycles. The minimum Gasteiger partial charge on any atom is -0.497 e. The van der Waals surface area contributed by atoms with Gasteiger partial charge in [-0.25, -0.2) is 4.98 Å². The molecule has 1 aromatic heterocycles. The average Bonchev–Trinajstić information content (AvgIpc) is 2.72. The lowest BCUT2D eigenvalue weighted by Crippen LogP contribution is -2.21. The van der Waals surface area contributed by atoms with Gasteiger partial charge in [-0.15, -0.1) is 0 Å². The molecule has 0 fully saturated rings. The SMILES string of the molecule is COc1ccc(-c2nc(NCC(=O)c3ccc(Cl)cc3)[nH]c(=O)c2C#N)cc1. The zero-order chi connectivity index (χ0) is 20.1. The van der Waals surface area contributed by atoms with Crippen LogP contribution in [0.3, 0.4) is 0 Å². The Morgan fingerprint density at radius 2 is 1.89 bits per heavy atom. The molecule has 140 valence electrons. The van der Waals surface area contributed by atoms with E-state index in [0.717, 1.165) is 0 Å². The second-order valence-electron chi connectivity index (χ2n) is 5.76. The van der Waals surface area contributed by atoms with Crippen molar-refractivity contribution in [1.82, 2.24) is 9.97 Å². The normalized spacial score (nSPS) is 10.2. The highest BCUT2D eigenvalue weighted by atomic mass is 35.5. The summed E-state index contributed by atoms with van der Waals surface area (Å²) >= 11 is 5.82. The van der Waals surface area contributed by atoms with Gasteiger partial charge in [-0.05, 0) is 48.5 Å². The van der Waals surface area contributed by atoms with Crippen molar-refractivity contribution in [3.63, 3.8) is 0 Å². The molecule has 8 heteroatoms. The molecule has 0 atom stereocenters. The number of hydrogen-bond acceptors (Lipinski definition) is 6. The lowest BCUT2D eigenvalue weighted by atomic mass is 10.1. The van der Waals surface area contributed by atoms with Crippen LogP contribution in [0.4, 0.5) is 5.95 Å². The number of rotatable bonds is 6. The first-order chi connectivity index (χ1) is 13.5. The summed E-state index contributed by atoms with van der Waals surface area (Å²) in [5, 5.41) is 12.7. The standard InChI is InChI=1S/C20H15ClN4O3/c1-28-15-8-4-13(5-9-15)18-16(10-22)19(27)25-20(24-18)23-11-17(26)12-2-6-14(21)7-3-12/h2-9H,11H2,1H3,(H2,23,24,25,27). The molecule has 3 rings (SSSR count). The summed E-state index contributed by atoms with van der Waals surface area (Å²) in [6, 6.07) is 15.2. The number of ether oxygens (including phenoxy) is 1. The van der Waals surface area contributed by atoms with E-state index in [9.17, 15) is 14.9 Å². The minimum atomic E-state index is -0.593. The van der Waals surface area contributed by atoms with E-state index < -0.39 is 5.56 Å². The van der Waals surface area contributed by atoms with Crippen molar-refractivity contribution in [1.29, 1.82) is 5.26 Å². The monoisotopic (exact) mass is 394 g/mol. The number of nitrogens with one attached hydrogen (secondary N) is 2. The van der Waals surface area contributed by atoms with Crippen molar-refractivity contribution in [2.24, 2.45) is 0 Å². The highest BCUT2D eigenvalue weighted by molar-refractivity contribution is 6.30. The lowest BCUT2D eigenvalue weighted by molar-refractivity contribution is 0.101. The van der Waals surface area contributed by atoms with Crippen molar-refractivity contribution in [2.75, 3.05) is 19.0 Å². The van der Waals surface area contributed by atoms with E-state index in [2.05, 4.69) is 15.3 Å². The van der Waals surface area contributed by atoms with Gasteiger partial charge in [-0.3, -0.25) is 14.6 Å². The predicted molar refractivity (Wildman–Crippen MR) is 106 cm³/mol. The van der Waals surface area contributed by atoms with E-state index in [0.29, 0.717) is 21.9 Å². The molecule has 2 N–H and O–H groups in total. The molecule has 0 spiro atoms. The Labute approximate surface area is 165 Å². The third-order valence-electron chi connectivity index (χ3n) is 3.98. The van der Waals surface area contributed by atoms with Crippen LogP contribution >= 0.6 is 11.6 Å². The van der Waals surface area contributed by atoms with Crippen LogP contribution in [0.1, 0.15) is 15.9 Å². The number of Topliss-reactive ketones (excluding diaryl/α,β-unsaturated/α-hetero) is 1. The van der Waals surface area contributed by atoms with Crippen LogP contribution < -0.4 is 15.6 Å². The van der Waals surface area contributed by atoms with Crippen molar-refractivity contribution in [3.8, 4) is 23.1 Å². The number of anilines is 1. The summed E-state index contributed by atoms with van der Waals surface area (Å²) in [7, 11) is 1.54. The van der Waals surface area contributed by atoms with Crippen LogP contribution in [0.15, 0.2) is 53.3 Å². The van der Waals surface area contributed by atoms with Crippen LogP contribution in [0, 0.1) is 11.3 Å². The highest BCUT2D eigenvalue weighted by Crippen LogP contribution is 2.23. The van der Waals surface area contributed by atoms with Gasteiger partial charge in [0.2, 0.25) is 5.95 Å². The predicted octanol–water partition coefficient (Wildman–Crippen LogP) is 3.27. The Kier molecular flexibility index (Phi) is 5.72. The van der Waals surface area contributed by atoms with Gasteiger partial charge < -0.3 is 10.1 Å². The molecular weight excluding hydrogens is 380 g/mol. The Morgan fingerprint density at radius 3 is 2.50 bits per heavy atom. The van der Waals surface area contributed by atoms with Gasteiger partial charge in [0.1, 0.15) is 17.4 Å². The fourth-order valence-corrected chi connectivity index (χ4v) is 2.65. The number of carbonyl (C=O) groups excluding carboxylic acids is 1. The Balaban J connectivity index is 1.87. The molecule has 7 nitrogen and oxygen atoms in total. The minimum absolute atomic E-state index is 0.0848. The first kappa shape index (κ1) is 19.1. The van der Waals surface area contributed by atoms with E-state index in [-0.39, 0.29) is 29.5 Å². The number of carbonyl (C=O) groups is 1. The van der Waals surface area contributed by atoms with Gasteiger partial charge in [0.25, 0.3) is 5.56 Å². The molecule has 0 radical (unpaired) electrons. The number of hydrogen-bond donors (Lipinski definition) is 2. The Bertz CT molecular complexity index is 1100. The largest absolute Gasteiger partial charge is 0.497 e. The summed E-state index contributed by atoms with van der Waals surface area (Å²) < 4.78 is 5.11. The number of ketones is 1. The van der Waals surface area contributed by atoms with Crippen molar-refractivity contribution >= 4 is 23.3 Å². The van der Waals surface area contributed by atoms with Gasteiger partial charge in [0, 0.05) is 16.1 Å². The molecule has 3 aromatic rings. The molecule has 0 aliphatic rings. The van der Waals surface area contributed by atoms with Crippen molar-refractivity contribution in [3.05, 3.63) is 75.0 Å². The molecule has 28 heavy (non-hydrogen) atoms. The van der Waals surface area contributed by atoms with Gasteiger partial charge in [0.05, 0.1) is 19.3 Å². The van der Waals surface area contributed by atoms with Gasteiger partial charge in [-0.1, -0.05) is 11.6 Å². The van der Waals surface area contributed by atoms with Gasteiger partial charge >= 0.3 is 0 Å². The molecule has 0 saturated carbocycles. The number of H-pyrrole nitrogens is 1. The molecule has 2 aromatic carbocycles. The Morgan fingerprint density at radius 1 is 1.21 bits per heavy atom. The van der Waals surface area contributed by atoms with Crippen molar-refractivity contribution < 1.29 is 9.53 Å². The summed E-state index contributed by atoms with van der Waals surface area (Å²) in [5.74, 6) is 0.533. The smallest absolute Gasteiger partial charge is 0.270 e. The maximum Gasteiger partial charge on any atom is 0.270 e. The maximum atomic E-state index is 12.3. The van der Waals surface area contributed by atoms with Gasteiger partial charge in [0.15, 0.2) is 5.78 Å². The van der Waals surface area contributed by atoms with E-state index in [1.54, 1.807) is 55.6 Å². The van der Waals surface area contributed by atoms with Crippen molar-refractivity contribution in [2.45, 2.75) is 0 Å². The first-order valence-electron chi connectivity index (χ1n) is 8.23. The molecule has 0 unspecified atom stereocenters. The fourth-order valence-electron chi connectivity index (χ4n) is 2.52. The number of aromatic amines is 1. The maximum absolute atomic E-state index is 12.3. The number of nitrogens with zero attached hydrogens (tertiary/aromatic N) is 2. The third kappa shape index (κ3) is 4.19. The fraction of sp³-hybridized carbons (Fsp3) is 0.100. The lowest BCUT2D eigenvalue weighted by Gasteiger charge is -2.09. The van der Waals surface area contributed by atoms with Gasteiger partial charge in [-0.2, -0.15) is 5.26 Å². The summed E-state index contributed by atoms with van der Waals surface area (Å²) in [6.45, 7) is -0.0848. The van der Waals surface area contributed by atoms with Crippen LogP contribution in [0.5, 0.6) is 5.75 Å². The number of aromatic nitrogens is 2. The van der Waals surface area contributed by atoms with E-state index in [4.69, 9.17) is 16.3 Å². The topological polar surface area (TPSA) is 108 Å². The molecule has 0 saturated heterocycles. The van der Waals surface area contributed by atoms with Crippen LogP contribution in [0.2, 0.25) is 5.02 Å². The zero-order valence-electron chi connectivity index (χ0n) is 14.8. The third-order valence-corrected chi connectivity index (χ3v) is 4.23. The van der Waals surface area contributed by atoms with Crippen LogP contribution in [0.25, 0.3) is 11.3 Å². The number of methoxy groups -OCH3 is 1. The summed E-state index contributed by atoms with van der Waals surface area (Å²) in [4.78, 5) is 31.3. The average molecular weight is 395 g/mol. The second kappa shape index (κ2) is 8.37. The quantitative estimate of drug-likeness (QED) is 0.621. The van der Waals surface area contributed by atoms with Crippen LogP contribution in [-0.2, 0) is 0 Å². The second-order valence-corrected chi connectivity index (χ2v) is 6.20. The zero-order valence-corrected chi connectivity index (χ0v) is 15.6. The van der Waals surface area contributed by atoms with E-state index in [1.165, 1.54) is 0 Å². The van der Waals surface area contributed by atoms with E-state index >= 15 is 0 Å². The molecule has 0 amide bonds. The number of halogens is 1. The summed E-state index contributed by atoms with van der Waals surface area (Å²) in [5.41, 5.74) is 0.568. The Hall–Kier alpha value is -3.63. The molecule has 0 aliphatic heterocycles. The molecule has 0 bridgehead atoms.